The van der Waals surface area contributed by atoms with Crippen molar-refractivity contribution in [2.75, 3.05) is 6.54 Å². The highest BCUT2D eigenvalue weighted by molar-refractivity contribution is 5.75. The highest BCUT2D eigenvalue weighted by atomic mass is 19.1. The van der Waals surface area contributed by atoms with Crippen LogP contribution in [0.2, 0.25) is 0 Å². The van der Waals surface area contributed by atoms with Crippen molar-refractivity contribution in [3.05, 3.63) is 71.6 Å². The zero-order chi connectivity index (χ0) is 19.5. The van der Waals surface area contributed by atoms with Gasteiger partial charge < -0.3 is 14.7 Å². The van der Waals surface area contributed by atoms with Gasteiger partial charge in [-0.2, -0.15) is 4.98 Å². The minimum Gasteiger partial charge on any atom is -0.337 e. The third kappa shape index (κ3) is 3.71. The number of nitrogens with zero attached hydrogens (tertiary/aromatic N) is 3. The molecule has 0 bridgehead atoms. The number of rotatable bonds is 4. The molecule has 4 rings (SSSR count). The van der Waals surface area contributed by atoms with E-state index in [4.69, 9.17) is 4.52 Å². The predicted octanol–water partition coefficient (Wildman–Crippen LogP) is 4.06. The van der Waals surface area contributed by atoms with Gasteiger partial charge in [0, 0.05) is 19.2 Å². The largest absolute Gasteiger partial charge is 0.337 e. The van der Waals surface area contributed by atoms with Crippen LogP contribution >= 0.6 is 0 Å². The monoisotopic (exact) mass is 384 g/mol. The fourth-order valence-electron chi connectivity index (χ4n) is 3.29. The molecular weight excluding hydrogens is 366 g/mol. The summed E-state index contributed by atoms with van der Waals surface area (Å²) in [4.78, 5) is 18.5. The molecule has 1 fully saturated rings. The lowest BCUT2D eigenvalue weighted by Gasteiger charge is -2.22. The second-order valence-corrected chi connectivity index (χ2v) is 6.58. The molecule has 1 aromatic heterocycles. The second kappa shape index (κ2) is 7.75. The number of halogens is 2. The summed E-state index contributed by atoms with van der Waals surface area (Å²) in [6.45, 7) is 0.979. The molecule has 1 N–H and O–H groups in total. The summed E-state index contributed by atoms with van der Waals surface area (Å²) >= 11 is 0. The summed E-state index contributed by atoms with van der Waals surface area (Å²) in [5, 5.41) is 6.69. The van der Waals surface area contributed by atoms with E-state index in [-0.39, 0.29) is 29.4 Å². The van der Waals surface area contributed by atoms with Crippen LogP contribution in [0, 0.1) is 11.6 Å². The quantitative estimate of drug-likeness (QED) is 0.736. The van der Waals surface area contributed by atoms with Crippen molar-refractivity contribution in [2.45, 2.75) is 25.4 Å². The van der Waals surface area contributed by atoms with Gasteiger partial charge >= 0.3 is 6.03 Å². The van der Waals surface area contributed by atoms with Gasteiger partial charge in [0.2, 0.25) is 11.7 Å². The maximum atomic E-state index is 14.0. The molecule has 0 aliphatic carbocycles. The minimum absolute atomic E-state index is 0.0315. The van der Waals surface area contributed by atoms with E-state index in [2.05, 4.69) is 15.5 Å². The molecule has 2 heterocycles. The molecule has 8 heteroatoms. The van der Waals surface area contributed by atoms with Gasteiger partial charge in [-0.3, -0.25) is 0 Å². The van der Waals surface area contributed by atoms with Crippen molar-refractivity contribution in [1.82, 2.24) is 20.4 Å². The number of benzene rings is 2. The first-order valence-corrected chi connectivity index (χ1v) is 8.99. The molecule has 144 valence electrons. The SMILES string of the molecule is O=C(NCc1ccccc1)N1CCC[C@H]1c1nc(-c2ccc(F)cc2F)no1. The molecule has 28 heavy (non-hydrogen) atoms. The van der Waals surface area contributed by atoms with Crippen LogP contribution in [0.25, 0.3) is 11.4 Å². The molecule has 1 saturated heterocycles. The minimum atomic E-state index is -0.767. The van der Waals surface area contributed by atoms with Gasteiger partial charge in [0.05, 0.1) is 5.56 Å². The molecule has 0 radical (unpaired) electrons. The van der Waals surface area contributed by atoms with Gasteiger partial charge in [-0.25, -0.2) is 13.6 Å². The number of nitrogens with one attached hydrogen (secondary N) is 1. The van der Waals surface area contributed by atoms with Crippen molar-refractivity contribution in [2.24, 2.45) is 0 Å². The Morgan fingerprint density at radius 1 is 1.21 bits per heavy atom. The van der Waals surface area contributed by atoms with Crippen molar-refractivity contribution >= 4 is 6.03 Å². The average molecular weight is 384 g/mol. The number of carbonyl (C=O) groups excluding carboxylic acids is 1. The van der Waals surface area contributed by atoms with E-state index in [0.29, 0.717) is 19.5 Å². The molecule has 0 unspecified atom stereocenters. The van der Waals surface area contributed by atoms with Gasteiger partial charge in [0.25, 0.3) is 0 Å². The summed E-state index contributed by atoms with van der Waals surface area (Å²) < 4.78 is 32.3. The Kier molecular flexibility index (Phi) is 5.01. The first-order chi connectivity index (χ1) is 13.6. The number of hydrogen-bond donors (Lipinski definition) is 1. The van der Waals surface area contributed by atoms with E-state index in [9.17, 15) is 13.6 Å². The fraction of sp³-hybridized carbons (Fsp3) is 0.250. The lowest BCUT2D eigenvalue weighted by molar-refractivity contribution is 0.180. The van der Waals surface area contributed by atoms with Crippen molar-refractivity contribution in [3.63, 3.8) is 0 Å². The van der Waals surface area contributed by atoms with Crippen LogP contribution in [0.1, 0.15) is 30.3 Å². The molecule has 2 aromatic carbocycles. The van der Waals surface area contributed by atoms with E-state index in [1.165, 1.54) is 6.07 Å². The van der Waals surface area contributed by atoms with Gasteiger partial charge in [-0.15, -0.1) is 0 Å². The van der Waals surface area contributed by atoms with E-state index in [1.54, 1.807) is 4.90 Å². The molecule has 0 spiro atoms. The summed E-state index contributed by atoms with van der Waals surface area (Å²) in [6.07, 6.45) is 1.47. The molecule has 1 aliphatic heterocycles. The summed E-state index contributed by atoms with van der Waals surface area (Å²) in [5.74, 6) is -1.17. The number of carbonyl (C=O) groups is 1. The third-order valence-electron chi connectivity index (χ3n) is 4.70. The van der Waals surface area contributed by atoms with Crippen LogP contribution in [0.5, 0.6) is 0 Å². The highest BCUT2D eigenvalue weighted by Crippen LogP contribution is 2.32. The van der Waals surface area contributed by atoms with Gasteiger partial charge in [0.15, 0.2) is 0 Å². The molecule has 6 nitrogen and oxygen atoms in total. The summed E-state index contributed by atoms with van der Waals surface area (Å²) in [7, 11) is 0. The zero-order valence-corrected chi connectivity index (χ0v) is 14.9. The standard InChI is InChI=1S/C20H18F2N4O2/c21-14-8-9-15(16(22)11-14)18-24-19(28-25-18)17-7-4-10-26(17)20(27)23-12-13-5-2-1-3-6-13/h1-3,5-6,8-9,11,17H,4,7,10,12H2,(H,23,27)/t17-/m0/s1. The van der Waals surface area contributed by atoms with Crippen LogP contribution in [-0.2, 0) is 6.54 Å². The van der Waals surface area contributed by atoms with Crippen LogP contribution in [0.4, 0.5) is 13.6 Å². The molecule has 0 saturated carbocycles. The predicted molar refractivity (Wildman–Crippen MR) is 97.0 cm³/mol. The molecule has 2 amide bonds. The number of amides is 2. The Hall–Kier alpha value is -3.29. The van der Waals surface area contributed by atoms with E-state index >= 15 is 0 Å². The summed E-state index contributed by atoms with van der Waals surface area (Å²) in [6, 6.07) is 12.2. The molecular formula is C20H18F2N4O2. The normalized spacial score (nSPS) is 16.4. The number of urea groups is 1. The van der Waals surface area contributed by atoms with Crippen molar-refractivity contribution in [1.29, 1.82) is 0 Å². The first-order valence-electron chi connectivity index (χ1n) is 8.99. The average Bonchev–Trinajstić information content (AvgIpc) is 3.36. The molecule has 1 atom stereocenters. The van der Waals surface area contributed by atoms with Crippen LogP contribution in [0.3, 0.4) is 0 Å². The van der Waals surface area contributed by atoms with E-state index < -0.39 is 11.6 Å². The lowest BCUT2D eigenvalue weighted by atomic mass is 10.2. The van der Waals surface area contributed by atoms with Gasteiger partial charge in [-0.05, 0) is 30.5 Å². The van der Waals surface area contributed by atoms with Crippen molar-refractivity contribution in [3.8, 4) is 11.4 Å². The Morgan fingerprint density at radius 3 is 2.82 bits per heavy atom. The second-order valence-electron chi connectivity index (χ2n) is 6.58. The van der Waals surface area contributed by atoms with Crippen LogP contribution in [-0.4, -0.2) is 27.6 Å². The van der Waals surface area contributed by atoms with Gasteiger partial charge in [0.1, 0.15) is 17.7 Å². The Balaban J connectivity index is 1.47. The van der Waals surface area contributed by atoms with Crippen LogP contribution < -0.4 is 5.32 Å². The lowest BCUT2D eigenvalue weighted by Crippen LogP contribution is -2.39. The maximum absolute atomic E-state index is 14.0. The third-order valence-corrected chi connectivity index (χ3v) is 4.70. The van der Waals surface area contributed by atoms with E-state index in [0.717, 1.165) is 24.1 Å². The fourth-order valence-corrected chi connectivity index (χ4v) is 3.29. The Bertz CT molecular complexity index is 977. The van der Waals surface area contributed by atoms with E-state index in [1.807, 2.05) is 30.3 Å². The first kappa shape index (κ1) is 18.1. The summed E-state index contributed by atoms with van der Waals surface area (Å²) in [5.41, 5.74) is 1.05. The number of hydrogen-bond acceptors (Lipinski definition) is 4. The Labute approximate surface area is 160 Å². The number of aromatic nitrogens is 2. The topological polar surface area (TPSA) is 71.3 Å². The highest BCUT2D eigenvalue weighted by Gasteiger charge is 2.34. The molecule has 1 aliphatic rings. The Morgan fingerprint density at radius 2 is 2.04 bits per heavy atom. The zero-order valence-electron chi connectivity index (χ0n) is 14.9. The number of likely N-dealkylation sites (tertiary alicyclic amines) is 1. The smallest absolute Gasteiger partial charge is 0.318 e. The molecule has 3 aromatic rings. The maximum Gasteiger partial charge on any atom is 0.318 e. The van der Waals surface area contributed by atoms with Crippen molar-refractivity contribution < 1.29 is 18.1 Å². The van der Waals surface area contributed by atoms with Gasteiger partial charge in [-0.1, -0.05) is 35.5 Å². The van der Waals surface area contributed by atoms with Crippen LogP contribution in [0.15, 0.2) is 53.1 Å².